The lowest BCUT2D eigenvalue weighted by Crippen LogP contribution is -2.44. The molecule has 88 valence electrons. The zero-order valence-corrected chi connectivity index (χ0v) is 10.7. The van der Waals surface area contributed by atoms with E-state index in [1.807, 2.05) is 0 Å². The summed E-state index contributed by atoms with van der Waals surface area (Å²) in [6, 6.07) is 0.807. The van der Waals surface area contributed by atoms with Crippen LogP contribution in [-0.2, 0) is 0 Å². The summed E-state index contributed by atoms with van der Waals surface area (Å²) in [5.41, 5.74) is 0.643. The molecule has 0 aromatic rings. The van der Waals surface area contributed by atoms with Gasteiger partial charge >= 0.3 is 0 Å². The van der Waals surface area contributed by atoms with Gasteiger partial charge in [0.05, 0.1) is 0 Å². The summed E-state index contributed by atoms with van der Waals surface area (Å²) in [5, 5.41) is 3.82. The van der Waals surface area contributed by atoms with Gasteiger partial charge in [0.15, 0.2) is 0 Å². The lowest BCUT2D eigenvalue weighted by Gasteiger charge is -2.41. The van der Waals surface area contributed by atoms with Crippen molar-refractivity contribution in [3.8, 4) is 0 Å². The summed E-state index contributed by atoms with van der Waals surface area (Å²) in [7, 11) is 0. The molecule has 15 heavy (non-hydrogen) atoms. The Kier molecular flexibility index (Phi) is 3.39. The summed E-state index contributed by atoms with van der Waals surface area (Å²) in [6.07, 6.45) is 8.58. The Morgan fingerprint density at radius 2 is 1.67 bits per heavy atom. The molecule has 0 heterocycles. The monoisotopic (exact) mass is 209 g/mol. The molecule has 0 aromatic heterocycles. The summed E-state index contributed by atoms with van der Waals surface area (Å²) in [6.45, 7) is 8.53. The van der Waals surface area contributed by atoms with Gasteiger partial charge in [-0.25, -0.2) is 0 Å². The molecule has 2 atom stereocenters. The van der Waals surface area contributed by atoms with E-state index in [9.17, 15) is 0 Å². The topological polar surface area (TPSA) is 12.0 Å². The molecule has 1 N–H and O–H groups in total. The van der Waals surface area contributed by atoms with Gasteiger partial charge in [0, 0.05) is 12.6 Å². The molecule has 2 unspecified atom stereocenters. The van der Waals surface area contributed by atoms with E-state index in [-0.39, 0.29) is 0 Å². The highest BCUT2D eigenvalue weighted by Gasteiger charge is 2.33. The zero-order chi connectivity index (χ0) is 10.9. The predicted octanol–water partition coefficient (Wildman–Crippen LogP) is 3.59. The summed E-state index contributed by atoms with van der Waals surface area (Å²) in [5.74, 6) is 1.86. The van der Waals surface area contributed by atoms with Crippen molar-refractivity contribution in [1.82, 2.24) is 5.32 Å². The van der Waals surface area contributed by atoms with Crippen LogP contribution in [0.25, 0.3) is 0 Å². The summed E-state index contributed by atoms with van der Waals surface area (Å²) in [4.78, 5) is 0. The van der Waals surface area contributed by atoms with Gasteiger partial charge in [0.2, 0.25) is 0 Å². The van der Waals surface area contributed by atoms with Crippen LogP contribution in [-0.4, -0.2) is 12.6 Å². The van der Waals surface area contributed by atoms with Crippen LogP contribution in [0.4, 0.5) is 0 Å². The Bertz CT molecular complexity index is 197. The Hall–Kier alpha value is -0.0400. The maximum absolute atomic E-state index is 3.82. The van der Waals surface area contributed by atoms with Crippen LogP contribution in [0.2, 0.25) is 0 Å². The second-order valence-corrected chi connectivity index (χ2v) is 6.66. The van der Waals surface area contributed by atoms with E-state index in [0.717, 1.165) is 17.9 Å². The third-order valence-corrected chi connectivity index (χ3v) is 4.56. The Labute approximate surface area is 95.0 Å². The van der Waals surface area contributed by atoms with Crippen molar-refractivity contribution in [2.24, 2.45) is 17.3 Å². The first-order chi connectivity index (χ1) is 7.07. The molecule has 0 amide bonds. The fraction of sp³-hybridized carbons (Fsp3) is 1.00. The minimum Gasteiger partial charge on any atom is -0.313 e. The fourth-order valence-electron chi connectivity index (χ4n) is 3.46. The zero-order valence-electron chi connectivity index (χ0n) is 10.7. The van der Waals surface area contributed by atoms with Gasteiger partial charge in [-0.15, -0.1) is 0 Å². The molecule has 1 heteroatoms. The third kappa shape index (κ3) is 2.96. The Morgan fingerprint density at radius 1 is 1.07 bits per heavy atom. The molecular weight excluding hydrogens is 182 g/mol. The first-order valence-electron chi connectivity index (χ1n) is 6.81. The molecule has 0 saturated heterocycles. The number of nitrogens with one attached hydrogen (secondary N) is 1. The van der Waals surface area contributed by atoms with Gasteiger partial charge in [0.1, 0.15) is 0 Å². The van der Waals surface area contributed by atoms with Gasteiger partial charge < -0.3 is 5.32 Å². The largest absolute Gasteiger partial charge is 0.313 e. The van der Waals surface area contributed by atoms with E-state index in [2.05, 4.69) is 26.1 Å². The van der Waals surface area contributed by atoms with E-state index in [0.29, 0.717) is 5.41 Å². The van der Waals surface area contributed by atoms with Gasteiger partial charge in [-0.1, -0.05) is 27.2 Å². The smallest absolute Gasteiger partial charge is 0.00723 e. The first-order valence-corrected chi connectivity index (χ1v) is 6.81. The molecule has 0 spiro atoms. The van der Waals surface area contributed by atoms with E-state index < -0.39 is 0 Å². The highest BCUT2D eigenvalue weighted by Crippen LogP contribution is 2.40. The minimum atomic E-state index is 0.643. The van der Waals surface area contributed by atoms with E-state index in [1.54, 1.807) is 0 Å². The number of hydrogen-bond donors (Lipinski definition) is 1. The van der Waals surface area contributed by atoms with E-state index >= 15 is 0 Å². The van der Waals surface area contributed by atoms with Gasteiger partial charge in [0.25, 0.3) is 0 Å². The van der Waals surface area contributed by atoms with Gasteiger partial charge in [-0.05, 0) is 49.4 Å². The third-order valence-electron chi connectivity index (χ3n) is 4.56. The maximum atomic E-state index is 3.82. The van der Waals surface area contributed by atoms with Crippen molar-refractivity contribution in [2.45, 2.75) is 65.3 Å². The lowest BCUT2D eigenvalue weighted by molar-refractivity contribution is 0.136. The maximum Gasteiger partial charge on any atom is 0.00723 e. The molecule has 0 radical (unpaired) electrons. The van der Waals surface area contributed by atoms with Gasteiger partial charge in [-0.2, -0.15) is 0 Å². The molecule has 2 saturated carbocycles. The first kappa shape index (κ1) is 11.4. The van der Waals surface area contributed by atoms with Crippen LogP contribution in [0.1, 0.15) is 59.3 Å². The molecule has 2 aliphatic carbocycles. The van der Waals surface area contributed by atoms with Crippen LogP contribution in [0, 0.1) is 17.3 Å². The molecule has 2 aliphatic rings. The quantitative estimate of drug-likeness (QED) is 0.749. The SMILES string of the molecule is CC1CC(C)CC(NCC2(C)CCC2)C1. The predicted molar refractivity (Wildman–Crippen MR) is 65.9 cm³/mol. The molecule has 2 fully saturated rings. The van der Waals surface area contributed by atoms with Crippen molar-refractivity contribution >= 4 is 0 Å². The van der Waals surface area contributed by atoms with Crippen molar-refractivity contribution < 1.29 is 0 Å². The van der Waals surface area contributed by atoms with Crippen LogP contribution in [0.15, 0.2) is 0 Å². The van der Waals surface area contributed by atoms with Crippen LogP contribution in [0.3, 0.4) is 0 Å². The second kappa shape index (κ2) is 4.45. The van der Waals surface area contributed by atoms with Crippen LogP contribution in [0.5, 0.6) is 0 Å². The second-order valence-electron chi connectivity index (χ2n) is 6.66. The van der Waals surface area contributed by atoms with Crippen molar-refractivity contribution in [1.29, 1.82) is 0 Å². The lowest BCUT2D eigenvalue weighted by atomic mass is 9.70. The van der Waals surface area contributed by atoms with Crippen molar-refractivity contribution in [3.05, 3.63) is 0 Å². The molecule has 1 nitrogen and oxygen atoms in total. The average Bonchev–Trinajstić information content (AvgIpc) is 2.10. The molecular formula is C14H27N. The standard InChI is InChI=1S/C14H27N/c1-11-7-12(2)9-13(8-11)15-10-14(3)5-4-6-14/h11-13,15H,4-10H2,1-3H3. The normalized spacial score (nSPS) is 39.8. The van der Waals surface area contributed by atoms with Crippen molar-refractivity contribution in [2.75, 3.05) is 6.54 Å². The summed E-state index contributed by atoms with van der Waals surface area (Å²) < 4.78 is 0. The fourth-order valence-corrected chi connectivity index (χ4v) is 3.46. The van der Waals surface area contributed by atoms with E-state index in [1.165, 1.54) is 45.1 Å². The molecule has 2 rings (SSSR count). The highest BCUT2D eigenvalue weighted by atomic mass is 14.9. The highest BCUT2D eigenvalue weighted by molar-refractivity contribution is 4.88. The average molecular weight is 209 g/mol. The minimum absolute atomic E-state index is 0.643. The Balaban J connectivity index is 1.74. The number of hydrogen-bond acceptors (Lipinski definition) is 1. The van der Waals surface area contributed by atoms with Gasteiger partial charge in [-0.3, -0.25) is 0 Å². The molecule has 0 bridgehead atoms. The Morgan fingerprint density at radius 3 is 2.13 bits per heavy atom. The van der Waals surface area contributed by atoms with Crippen LogP contribution < -0.4 is 5.32 Å². The molecule has 0 aromatic carbocycles. The van der Waals surface area contributed by atoms with E-state index in [4.69, 9.17) is 0 Å². The van der Waals surface area contributed by atoms with Crippen molar-refractivity contribution in [3.63, 3.8) is 0 Å². The number of rotatable bonds is 3. The molecule has 0 aliphatic heterocycles. The van der Waals surface area contributed by atoms with Crippen LogP contribution >= 0.6 is 0 Å². The summed E-state index contributed by atoms with van der Waals surface area (Å²) >= 11 is 0.